The number of carbonyl (C=O) groups is 2. The predicted octanol–water partition coefficient (Wildman–Crippen LogP) is 0.896. The van der Waals surface area contributed by atoms with Crippen LogP contribution in [0.15, 0.2) is 30.3 Å². The Labute approximate surface area is 123 Å². The molecule has 1 unspecified atom stereocenters. The van der Waals surface area contributed by atoms with Crippen LogP contribution in [0.25, 0.3) is 0 Å². The van der Waals surface area contributed by atoms with Crippen molar-refractivity contribution in [1.29, 1.82) is 0 Å². The van der Waals surface area contributed by atoms with E-state index in [0.717, 1.165) is 12.0 Å². The standard InChI is InChI=1S/C15H20N2O4/c18-10-8-16-14(19)13-7-4-9-17(13)15(20)21-11-12-5-2-1-3-6-12/h1-3,5-6,13,18H,4,7-11H2,(H,16,19). The van der Waals surface area contributed by atoms with Gasteiger partial charge in [0.2, 0.25) is 5.91 Å². The molecule has 1 saturated heterocycles. The fraction of sp³-hybridized carbons (Fsp3) is 0.467. The largest absolute Gasteiger partial charge is 0.445 e. The van der Waals surface area contributed by atoms with Gasteiger partial charge in [-0.15, -0.1) is 0 Å². The van der Waals surface area contributed by atoms with Gasteiger partial charge in [0.15, 0.2) is 0 Å². The molecule has 114 valence electrons. The lowest BCUT2D eigenvalue weighted by atomic mass is 10.2. The molecule has 1 fully saturated rings. The number of ether oxygens (including phenoxy) is 1. The molecule has 0 aromatic heterocycles. The summed E-state index contributed by atoms with van der Waals surface area (Å²) >= 11 is 0. The Balaban J connectivity index is 1.87. The molecule has 1 aliphatic heterocycles. The number of rotatable bonds is 5. The highest BCUT2D eigenvalue weighted by molar-refractivity contribution is 5.86. The molecule has 1 aromatic carbocycles. The minimum Gasteiger partial charge on any atom is -0.445 e. The lowest BCUT2D eigenvalue weighted by Gasteiger charge is -2.23. The molecule has 1 heterocycles. The summed E-state index contributed by atoms with van der Waals surface area (Å²) in [6.45, 7) is 0.797. The van der Waals surface area contributed by atoms with E-state index in [0.29, 0.717) is 13.0 Å². The van der Waals surface area contributed by atoms with Crippen molar-refractivity contribution in [3.63, 3.8) is 0 Å². The molecule has 1 aliphatic rings. The first kappa shape index (κ1) is 15.3. The van der Waals surface area contributed by atoms with E-state index in [9.17, 15) is 9.59 Å². The lowest BCUT2D eigenvalue weighted by molar-refractivity contribution is -0.125. The van der Waals surface area contributed by atoms with Crippen LogP contribution < -0.4 is 5.32 Å². The number of likely N-dealkylation sites (tertiary alicyclic amines) is 1. The van der Waals surface area contributed by atoms with Crippen LogP contribution in [0.5, 0.6) is 0 Å². The van der Waals surface area contributed by atoms with E-state index >= 15 is 0 Å². The van der Waals surface area contributed by atoms with Crippen LogP contribution in [-0.4, -0.2) is 47.7 Å². The molecule has 0 bridgehead atoms. The van der Waals surface area contributed by atoms with Gasteiger partial charge in [-0.1, -0.05) is 30.3 Å². The van der Waals surface area contributed by atoms with Gasteiger partial charge < -0.3 is 15.2 Å². The monoisotopic (exact) mass is 292 g/mol. The molecule has 2 rings (SSSR count). The molecule has 1 aromatic rings. The van der Waals surface area contributed by atoms with Gasteiger partial charge >= 0.3 is 6.09 Å². The maximum Gasteiger partial charge on any atom is 0.410 e. The summed E-state index contributed by atoms with van der Waals surface area (Å²) in [5.41, 5.74) is 0.909. The van der Waals surface area contributed by atoms with Crippen molar-refractivity contribution in [1.82, 2.24) is 10.2 Å². The van der Waals surface area contributed by atoms with Gasteiger partial charge in [-0.2, -0.15) is 0 Å². The molecular weight excluding hydrogens is 272 g/mol. The van der Waals surface area contributed by atoms with Crippen molar-refractivity contribution in [3.8, 4) is 0 Å². The summed E-state index contributed by atoms with van der Waals surface area (Å²) in [5, 5.41) is 11.3. The summed E-state index contributed by atoms with van der Waals surface area (Å²) in [6, 6.07) is 8.91. The minimum atomic E-state index is -0.500. The van der Waals surface area contributed by atoms with Crippen LogP contribution in [-0.2, 0) is 16.1 Å². The van der Waals surface area contributed by atoms with Gasteiger partial charge in [0, 0.05) is 13.1 Å². The number of amides is 2. The van der Waals surface area contributed by atoms with Gasteiger partial charge in [0.1, 0.15) is 12.6 Å². The van der Waals surface area contributed by atoms with Gasteiger partial charge in [-0.05, 0) is 18.4 Å². The topological polar surface area (TPSA) is 78.9 Å². The average molecular weight is 292 g/mol. The smallest absolute Gasteiger partial charge is 0.410 e. The molecular formula is C15H20N2O4. The molecule has 0 spiro atoms. The third-order valence-electron chi connectivity index (χ3n) is 3.41. The van der Waals surface area contributed by atoms with Crippen LogP contribution in [0, 0.1) is 0 Å². The van der Waals surface area contributed by atoms with Gasteiger partial charge in [-0.3, -0.25) is 9.69 Å². The zero-order valence-electron chi connectivity index (χ0n) is 11.8. The van der Waals surface area contributed by atoms with Gasteiger partial charge in [0.05, 0.1) is 6.61 Å². The number of carbonyl (C=O) groups excluding carboxylic acids is 2. The second-order valence-corrected chi connectivity index (χ2v) is 4.91. The van der Waals surface area contributed by atoms with E-state index in [2.05, 4.69) is 5.32 Å². The van der Waals surface area contributed by atoms with E-state index in [1.54, 1.807) is 0 Å². The van der Waals surface area contributed by atoms with Crippen molar-refractivity contribution < 1.29 is 19.4 Å². The first-order chi connectivity index (χ1) is 10.2. The number of hydrogen-bond donors (Lipinski definition) is 2. The number of benzene rings is 1. The van der Waals surface area contributed by atoms with E-state index in [4.69, 9.17) is 9.84 Å². The molecule has 0 aliphatic carbocycles. The van der Waals surface area contributed by atoms with Crippen molar-refractivity contribution in [3.05, 3.63) is 35.9 Å². The average Bonchev–Trinajstić information content (AvgIpc) is 3.01. The Kier molecular flexibility index (Phi) is 5.57. The molecule has 0 radical (unpaired) electrons. The molecule has 6 nitrogen and oxygen atoms in total. The van der Waals surface area contributed by atoms with Crippen LogP contribution in [0.3, 0.4) is 0 Å². The Hall–Kier alpha value is -2.08. The van der Waals surface area contributed by atoms with Crippen LogP contribution in [0.2, 0.25) is 0 Å². The molecule has 2 N–H and O–H groups in total. The summed E-state index contributed by atoms with van der Waals surface area (Å²) < 4.78 is 5.25. The van der Waals surface area contributed by atoms with Gasteiger partial charge in [0.25, 0.3) is 0 Å². The molecule has 1 atom stereocenters. The highest BCUT2D eigenvalue weighted by atomic mass is 16.6. The maximum atomic E-state index is 12.1. The van der Waals surface area contributed by atoms with Crippen LogP contribution in [0.4, 0.5) is 4.79 Å². The third kappa shape index (κ3) is 4.19. The molecule has 21 heavy (non-hydrogen) atoms. The van der Waals surface area contributed by atoms with E-state index in [1.165, 1.54) is 4.90 Å². The number of nitrogens with zero attached hydrogens (tertiary/aromatic N) is 1. The SMILES string of the molecule is O=C(NCCO)C1CCCN1C(=O)OCc1ccccc1. The predicted molar refractivity (Wildman–Crippen MR) is 76.5 cm³/mol. The summed E-state index contributed by atoms with van der Waals surface area (Å²) in [4.78, 5) is 25.5. The second-order valence-electron chi connectivity index (χ2n) is 4.91. The van der Waals surface area contributed by atoms with Crippen LogP contribution in [0.1, 0.15) is 18.4 Å². The fourth-order valence-corrected chi connectivity index (χ4v) is 2.36. The molecule has 2 amide bonds. The number of aliphatic hydroxyl groups excluding tert-OH is 1. The Bertz CT molecular complexity index is 478. The highest BCUT2D eigenvalue weighted by Gasteiger charge is 2.34. The number of aliphatic hydroxyl groups is 1. The minimum absolute atomic E-state index is 0.114. The molecule has 6 heteroatoms. The van der Waals surface area contributed by atoms with Crippen LogP contribution >= 0.6 is 0 Å². The van der Waals surface area contributed by atoms with Crippen molar-refractivity contribution in [2.45, 2.75) is 25.5 Å². The zero-order valence-corrected chi connectivity index (χ0v) is 11.8. The third-order valence-corrected chi connectivity index (χ3v) is 3.41. The quantitative estimate of drug-likeness (QED) is 0.845. The maximum absolute atomic E-state index is 12.1. The first-order valence-electron chi connectivity index (χ1n) is 7.08. The zero-order chi connectivity index (χ0) is 15.1. The van der Waals surface area contributed by atoms with E-state index in [1.807, 2.05) is 30.3 Å². The van der Waals surface area contributed by atoms with E-state index in [-0.39, 0.29) is 25.7 Å². The first-order valence-corrected chi connectivity index (χ1v) is 7.08. The number of nitrogens with one attached hydrogen (secondary N) is 1. The number of hydrogen-bond acceptors (Lipinski definition) is 4. The van der Waals surface area contributed by atoms with Crippen molar-refractivity contribution in [2.24, 2.45) is 0 Å². The second kappa shape index (κ2) is 7.64. The highest BCUT2D eigenvalue weighted by Crippen LogP contribution is 2.19. The fourth-order valence-electron chi connectivity index (χ4n) is 2.36. The Morgan fingerprint density at radius 2 is 2.10 bits per heavy atom. The summed E-state index contributed by atoms with van der Waals surface area (Å²) in [6.07, 6.45) is 0.926. The van der Waals surface area contributed by atoms with Crippen molar-refractivity contribution >= 4 is 12.0 Å². The Morgan fingerprint density at radius 1 is 1.33 bits per heavy atom. The summed E-state index contributed by atoms with van der Waals surface area (Å²) in [7, 11) is 0. The molecule has 0 saturated carbocycles. The van der Waals surface area contributed by atoms with Gasteiger partial charge in [-0.25, -0.2) is 4.79 Å². The lowest BCUT2D eigenvalue weighted by Crippen LogP contribution is -2.46. The summed E-state index contributed by atoms with van der Waals surface area (Å²) in [5.74, 6) is -0.238. The van der Waals surface area contributed by atoms with E-state index < -0.39 is 12.1 Å². The Morgan fingerprint density at radius 3 is 2.81 bits per heavy atom. The normalized spacial score (nSPS) is 17.6. The van der Waals surface area contributed by atoms with Crippen molar-refractivity contribution in [2.75, 3.05) is 19.7 Å².